The zero-order valence-corrected chi connectivity index (χ0v) is 12.9. The fourth-order valence-electron chi connectivity index (χ4n) is 1.87. The molecule has 124 valence electrons. The molecule has 0 fully saturated rings. The Morgan fingerprint density at radius 2 is 1.71 bits per heavy atom. The maximum atomic E-state index is 12.7. The maximum absolute atomic E-state index is 12.7. The number of aldehydes is 1. The number of para-hydroxylation sites is 1. The fourth-order valence-corrected chi connectivity index (χ4v) is 2.05. The molecule has 3 nitrogen and oxygen atoms in total. The molecule has 2 rings (SSSR count). The molecule has 0 spiro atoms. The average Bonchev–Trinajstić information content (AvgIpc) is 2.55. The van der Waals surface area contributed by atoms with Crippen LogP contribution in [0.4, 0.5) is 18.9 Å². The number of nitrogens with one attached hydrogen (secondary N) is 2. The number of halogens is 4. The zero-order chi connectivity index (χ0) is 17.7. The predicted octanol–water partition coefficient (Wildman–Crippen LogP) is 5.19. The summed E-state index contributed by atoms with van der Waals surface area (Å²) >= 11 is 6.02. The topological polar surface area (TPSA) is 53.0 Å². The molecule has 7 heteroatoms. The molecule has 0 bridgehead atoms. The molecule has 2 aromatic carbocycles. The molecule has 2 N–H and O–H groups in total. The largest absolute Gasteiger partial charge is 0.432 e. The van der Waals surface area contributed by atoms with Crippen molar-refractivity contribution in [3.63, 3.8) is 0 Å². The number of benzene rings is 2. The van der Waals surface area contributed by atoms with Gasteiger partial charge < -0.3 is 5.32 Å². The van der Waals surface area contributed by atoms with E-state index in [1.807, 2.05) is 0 Å². The van der Waals surface area contributed by atoms with Gasteiger partial charge >= 0.3 is 6.18 Å². The fraction of sp³-hybridized carbons (Fsp3) is 0.0588. The summed E-state index contributed by atoms with van der Waals surface area (Å²) in [5.41, 5.74) is -0.282. The first-order chi connectivity index (χ1) is 11.3. The summed E-state index contributed by atoms with van der Waals surface area (Å²) in [4.78, 5) is 10.7. The van der Waals surface area contributed by atoms with Gasteiger partial charge in [0.1, 0.15) is 12.0 Å². The molecule has 0 saturated heterocycles. The number of allylic oxidation sites excluding steroid dienone is 1. The lowest BCUT2D eigenvalue weighted by Gasteiger charge is -2.14. The van der Waals surface area contributed by atoms with Crippen LogP contribution in [0.25, 0.3) is 5.70 Å². The molecule has 0 aliphatic rings. The maximum Gasteiger partial charge on any atom is 0.432 e. The Bertz CT molecular complexity index is 783. The van der Waals surface area contributed by atoms with E-state index in [9.17, 15) is 18.0 Å². The van der Waals surface area contributed by atoms with Crippen LogP contribution in [0.1, 0.15) is 15.9 Å². The summed E-state index contributed by atoms with van der Waals surface area (Å²) in [6.45, 7) is 0. The SMILES string of the molecule is N=C(/C=C(\Nc1ccccc1Cl)c1ccc(C=O)cc1)C(F)(F)F. The van der Waals surface area contributed by atoms with Gasteiger partial charge in [-0.2, -0.15) is 13.2 Å². The Labute approximate surface area is 141 Å². The van der Waals surface area contributed by atoms with Crippen molar-refractivity contribution in [3.05, 3.63) is 70.8 Å². The highest BCUT2D eigenvalue weighted by Crippen LogP contribution is 2.27. The van der Waals surface area contributed by atoms with Gasteiger partial charge in [0, 0.05) is 11.3 Å². The van der Waals surface area contributed by atoms with Crippen molar-refractivity contribution >= 4 is 35.0 Å². The van der Waals surface area contributed by atoms with Crippen LogP contribution in [0.3, 0.4) is 0 Å². The quantitative estimate of drug-likeness (QED) is 0.575. The third-order valence-corrected chi connectivity index (χ3v) is 3.42. The van der Waals surface area contributed by atoms with Crippen LogP contribution in [0.15, 0.2) is 54.6 Å². The molecular weight excluding hydrogens is 341 g/mol. The number of rotatable bonds is 5. The molecule has 0 heterocycles. The van der Waals surface area contributed by atoms with Gasteiger partial charge in [-0.1, -0.05) is 48.0 Å². The van der Waals surface area contributed by atoms with E-state index in [0.717, 1.165) is 0 Å². The second kappa shape index (κ2) is 7.31. The Kier molecular flexibility index (Phi) is 5.41. The van der Waals surface area contributed by atoms with Crippen molar-refractivity contribution in [2.75, 3.05) is 5.32 Å². The molecule has 0 radical (unpaired) electrons. The molecule has 2 aromatic rings. The van der Waals surface area contributed by atoms with Gasteiger partial charge in [-0.25, -0.2) is 0 Å². The Morgan fingerprint density at radius 1 is 1.08 bits per heavy atom. The minimum atomic E-state index is -4.77. The molecular formula is C17H12ClF3N2O. The van der Waals surface area contributed by atoms with Crippen LogP contribution in [0.5, 0.6) is 0 Å². The van der Waals surface area contributed by atoms with Gasteiger partial charge in [0.2, 0.25) is 0 Å². The van der Waals surface area contributed by atoms with Crippen molar-refractivity contribution in [3.8, 4) is 0 Å². The molecule has 0 aromatic heterocycles. The highest BCUT2D eigenvalue weighted by molar-refractivity contribution is 6.33. The summed E-state index contributed by atoms with van der Waals surface area (Å²) in [5.74, 6) is 0. The molecule has 0 aliphatic carbocycles. The second-order valence-corrected chi connectivity index (χ2v) is 5.22. The van der Waals surface area contributed by atoms with Crippen LogP contribution in [0.2, 0.25) is 5.02 Å². The smallest absolute Gasteiger partial charge is 0.354 e. The first-order valence-corrected chi connectivity index (χ1v) is 7.13. The second-order valence-electron chi connectivity index (χ2n) is 4.81. The third-order valence-electron chi connectivity index (χ3n) is 3.10. The van der Waals surface area contributed by atoms with E-state index in [1.165, 1.54) is 24.3 Å². The lowest BCUT2D eigenvalue weighted by Crippen LogP contribution is -2.20. The number of hydrogen-bond acceptors (Lipinski definition) is 3. The first-order valence-electron chi connectivity index (χ1n) is 6.76. The lowest BCUT2D eigenvalue weighted by molar-refractivity contribution is -0.0583. The average molecular weight is 353 g/mol. The predicted molar refractivity (Wildman–Crippen MR) is 88.7 cm³/mol. The van der Waals surface area contributed by atoms with E-state index >= 15 is 0 Å². The normalized spacial score (nSPS) is 11.9. The van der Waals surface area contributed by atoms with Gasteiger partial charge in [-0.3, -0.25) is 10.2 Å². The number of carbonyl (C=O) groups is 1. The standard InChI is InChI=1S/C17H12ClF3N2O/c18-13-3-1-2-4-14(13)23-15(9-16(22)17(19,20)21)12-7-5-11(10-24)6-8-12/h1-10,22-23H/b15-9-,22-16?. The Hall–Kier alpha value is -2.60. The lowest BCUT2D eigenvalue weighted by atomic mass is 10.1. The molecule has 0 unspecified atom stereocenters. The Morgan fingerprint density at radius 3 is 2.25 bits per heavy atom. The number of alkyl halides is 3. The summed E-state index contributed by atoms with van der Waals surface area (Å²) in [6, 6.07) is 12.5. The van der Waals surface area contributed by atoms with Gasteiger partial charge in [0.05, 0.1) is 10.7 Å². The highest BCUT2D eigenvalue weighted by Gasteiger charge is 2.33. The molecule has 0 atom stereocenters. The van der Waals surface area contributed by atoms with Crippen molar-refractivity contribution in [2.24, 2.45) is 0 Å². The summed E-state index contributed by atoms with van der Waals surface area (Å²) in [6.07, 6.45) is -3.46. The molecule has 0 aliphatic heterocycles. The Balaban J connectivity index is 2.44. The van der Waals surface area contributed by atoms with Crippen molar-refractivity contribution in [1.82, 2.24) is 0 Å². The highest BCUT2D eigenvalue weighted by atomic mass is 35.5. The van der Waals surface area contributed by atoms with Crippen molar-refractivity contribution in [1.29, 1.82) is 5.41 Å². The van der Waals surface area contributed by atoms with Crippen LogP contribution in [-0.2, 0) is 0 Å². The van der Waals surface area contributed by atoms with E-state index in [0.29, 0.717) is 34.2 Å². The number of anilines is 1. The third kappa shape index (κ3) is 4.45. The van der Waals surface area contributed by atoms with E-state index in [2.05, 4.69) is 5.32 Å². The van der Waals surface area contributed by atoms with Crippen LogP contribution < -0.4 is 5.32 Å². The van der Waals surface area contributed by atoms with Crippen LogP contribution >= 0.6 is 11.6 Å². The van der Waals surface area contributed by atoms with E-state index in [-0.39, 0.29) is 5.70 Å². The van der Waals surface area contributed by atoms with Crippen LogP contribution in [0, 0.1) is 5.41 Å². The zero-order valence-electron chi connectivity index (χ0n) is 12.2. The monoisotopic (exact) mass is 352 g/mol. The van der Waals surface area contributed by atoms with Gasteiger partial charge in [0.15, 0.2) is 0 Å². The van der Waals surface area contributed by atoms with Gasteiger partial charge in [-0.05, 0) is 23.8 Å². The van der Waals surface area contributed by atoms with E-state index in [1.54, 1.807) is 24.3 Å². The van der Waals surface area contributed by atoms with E-state index < -0.39 is 11.9 Å². The number of carbonyl (C=O) groups excluding carboxylic acids is 1. The minimum Gasteiger partial charge on any atom is -0.354 e. The van der Waals surface area contributed by atoms with Crippen molar-refractivity contribution < 1.29 is 18.0 Å². The van der Waals surface area contributed by atoms with Crippen molar-refractivity contribution in [2.45, 2.75) is 6.18 Å². The van der Waals surface area contributed by atoms with E-state index in [4.69, 9.17) is 17.0 Å². The molecule has 0 saturated carbocycles. The van der Waals surface area contributed by atoms with Gasteiger partial charge in [0.25, 0.3) is 0 Å². The summed E-state index contributed by atoms with van der Waals surface area (Å²) in [7, 11) is 0. The number of hydrogen-bond donors (Lipinski definition) is 2. The molecule has 0 amide bonds. The summed E-state index contributed by atoms with van der Waals surface area (Å²) in [5, 5.41) is 10.3. The minimum absolute atomic E-state index is 0.0443. The first kappa shape index (κ1) is 17.7. The van der Waals surface area contributed by atoms with Crippen LogP contribution in [-0.4, -0.2) is 18.2 Å². The summed E-state index contributed by atoms with van der Waals surface area (Å²) < 4.78 is 38.1. The van der Waals surface area contributed by atoms with Gasteiger partial charge in [-0.15, -0.1) is 0 Å². The molecule has 24 heavy (non-hydrogen) atoms.